The fourth-order valence-corrected chi connectivity index (χ4v) is 5.59. The van der Waals surface area contributed by atoms with E-state index in [9.17, 15) is 8.78 Å². The second kappa shape index (κ2) is 12.7. The lowest BCUT2D eigenvalue weighted by Crippen LogP contribution is -2.00. The van der Waals surface area contributed by atoms with Gasteiger partial charge < -0.3 is 19.4 Å². The quantitative estimate of drug-likeness (QED) is 0.179. The molecule has 8 heteroatoms. The summed E-state index contributed by atoms with van der Waals surface area (Å²) in [5, 5.41) is 0. The van der Waals surface area contributed by atoms with Crippen molar-refractivity contribution in [1.29, 1.82) is 0 Å². The van der Waals surface area contributed by atoms with Gasteiger partial charge in [-0.1, -0.05) is 24.3 Å². The first-order valence-electron chi connectivity index (χ1n) is 15.2. The molecule has 0 saturated heterocycles. The van der Waals surface area contributed by atoms with Crippen LogP contribution in [0.4, 0.5) is 8.78 Å². The number of hydrogen-bond acceptors (Lipinski definition) is 4. The standard InChI is InChI=1S/C38H32F2N4O2/c1-23(45-21-25-3-7-27(39)8-4-25)35-17-33-16-31-12-11-29(41-31)15-30-13-14-32(42-30)19-37-36(18-34(44-37)20-38(35)43-33)24(2)46-22-26-5-9-28(40)10-6-26/h3-20,23-24,43-44H,21-22H2,1-2H3. The molecule has 2 atom stereocenters. The highest BCUT2D eigenvalue weighted by Crippen LogP contribution is 2.29. The number of benzene rings is 2. The van der Waals surface area contributed by atoms with E-state index in [1.54, 1.807) is 24.3 Å². The molecule has 0 radical (unpaired) electrons. The Morgan fingerprint density at radius 1 is 0.543 bits per heavy atom. The van der Waals surface area contributed by atoms with Crippen LogP contribution in [-0.2, 0) is 22.7 Å². The second-order valence-electron chi connectivity index (χ2n) is 11.5. The molecule has 2 unspecified atom stereocenters. The summed E-state index contributed by atoms with van der Waals surface area (Å²) in [5.74, 6) is -0.550. The van der Waals surface area contributed by atoms with Crippen LogP contribution in [0.3, 0.4) is 0 Å². The van der Waals surface area contributed by atoms with Crippen molar-refractivity contribution in [3.05, 3.63) is 142 Å². The van der Waals surface area contributed by atoms with Gasteiger partial charge in [0.15, 0.2) is 0 Å². The van der Waals surface area contributed by atoms with Crippen LogP contribution >= 0.6 is 0 Å². The number of H-pyrrole nitrogens is 2. The van der Waals surface area contributed by atoms with Crippen LogP contribution in [0.1, 0.15) is 71.1 Å². The predicted molar refractivity (Wildman–Crippen MR) is 178 cm³/mol. The minimum absolute atomic E-state index is 0.265. The lowest BCUT2D eigenvalue weighted by atomic mass is 10.1. The van der Waals surface area contributed by atoms with Gasteiger partial charge >= 0.3 is 0 Å². The normalized spacial score (nSPS) is 13.7. The largest absolute Gasteiger partial charge is 0.369 e. The average Bonchev–Trinajstić information content (AvgIpc) is 3.85. The van der Waals surface area contributed by atoms with Gasteiger partial charge in [-0.3, -0.25) is 0 Å². The van der Waals surface area contributed by atoms with E-state index < -0.39 is 0 Å². The van der Waals surface area contributed by atoms with Crippen LogP contribution in [0.5, 0.6) is 0 Å². The van der Waals surface area contributed by atoms with Crippen molar-refractivity contribution in [2.75, 3.05) is 0 Å². The molecule has 6 nitrogen and oxygen atoms in total. The Morgan fingerprint density at radius 2 is 0.957 bits per heavy atom. The Bertz CT molecular complexity index is 2110. The van der Waals surface area contributed by atoms with Crippen molar-refractivity contribution in [3.8, 4) is 0 Å². The summed E-state index contributed by atoms with van der Waals surface area (Å²) in [4.78, 5) is 16.7. The van der Waals surface area contributed by atoms with Crippen LogP contribution in [0.15, 0.2) is 84.9 Å². The van der Waals surface area contributed by atoms with Crippen LogP contribution in [0.2, 0.25) is 0 Å². The minimum Gasteiger partial charge on any atom is -0.369 e. The lowest BCUT2D eigenvalue weighted by molar-refractivity contribution is 0.0534. The number of rotatable bonds is 8. The van der Waals surface area contributed by atoms with Gasteiger partial charge in [-0.25, -0.2) is 18.7 Å². The molecule has 5 heterocycles. The van der Waals surface area contributed by atoms with Crippen molar-refractivity contribution >= 4 is 46.4 Å². The number of nitrogens with zero attached hydrogens (tertiary/aromatic N) is 2. The molecule has 2 aromatic carbocycles. The molecule has 0 fully saturated rings. The third-order valence-corrected chi connectivity index (χ3v) is 8.06. The molecular formula is C38H32F2N4O2. The molecule has 230 valence electrons. The van der Waals surface area contributed by atoms with E-state index in [0.717, 1.165) is 67.1 Å². The van der Waals surface area contributed by atoms with Crippen molar-refractivity contribution in [2.24, 2.45) is 0 Å². The van der Waals surface area contributed by atoms with E-state index in [1.165, 1.54) is 24.3 Å². The van der Waals surface area contributed by atoms with Gasteiger partial charge in [0.05, 0.1) is 48.2 Å². The highest BCUT2D eigenvalue weighted by molar-refractivity contribution is 5.79. The summed E-state index contributed by atoms with van der Waals surface area (Å²) in [7, 11) is 0. The van der Waals surface area contributed by atoms with Gasteiger partial charge in [-0.05, 0) is 110 Å². The first-order valence-corrected chi connectivity index (χ1v) is 15.2. The van der Waals surface area contributed by atoms with Crippen LogP contribution in [0.25, 0.3) is 46.4 Å². The summed E-state index contributed by atoms with van der Waals surface area (Å²) in [5.41, 5.74) is 10.5. The third-order valence-electron chi connectivity index (χ3n) is 8.06. The SMILES string of the molecule is CC(OCc1ccc(F)cc1)c1cc2cc3[nH]c(cc4nc(cc5nc(cc1[nH]2)C=C5)C=C4)cc3C(C)OCc1ccc(F)cc1. The molecule has 0 aliphatic carbocycles. The fourth-order valence-electron chi connectivity index (χ4n) is 5.59. The Labute approximate surface area is 265 Å². The number of ether oxygens (including phenoxy) is 2. The van der Waals surface area contributed by atoms with Gasteiger partial charge in [0.2, 0.25) is 0 Å². The first kappa shape index (κ1) is 29.5. The zero-order chi connectivity index (χ0) is 31.6. The highest BCUT2D eigenvalue weighted by atomic mass is 19.1. The summed E-state index contributed by atoms with van der Waals surface area (Å²) in [6.45, 7) is 4.70. The Balaban J connectivity index is 1.32. The first-order chi connectivity index (χ1) is 22.3. The van der Waals surface area contributed by atoms with E-state index in [0.29, 0.717) is 13.2 Å². The molecule has 3 aromatic heterocycles. The van der Waals surface area contributed by atoms with Gasteiger partial charge in [0, 0.05) is 33.2 Å². The number of hydrogen-bond donors (Lipinski definition) is 2. The topological polar surface area (TPSA) is 75.8 Å². The van der Waals surface area contributed by atoms with E-state index in [1.807, 2.05) is 56.4 Å². The lowest BCUT2D eigenvalue weighted by Gasteiger charge is -2.12. The van der Waals surface area contributed by atoms with Crippen molar-refractivity contribution in [2.45, 2.75) is 39.3 Å². The molecule has 8 bridgehead atoms. The third kappa shape index (κ3) is 6.73. The van der Waals surface area contributed by atoms with Gasteiger partial charge in [-0.2, -0.15) is 0 Å². The van der Waals surface area contributed by atoms with Crippen LogP contribution in [0, 0.1) is 11.6 Å². The summed E-state index contributed by atoms with van der Waals surface area (Å²) in [6.07, 6.45) is 7.37. The number of aromatic amines is 2. The van der Waals surface area contributed by atoms with Gasteiger partial charge in [0.25, 0.3) is 0 Å². The Kier molecular flexibility index (Phi) is 8.13. The molecular weight excluding hydrogens is 582 g/mol. The van der Waals surface area contributed by atoms with E-state index in [2.05, 4.69) is 28.2 Å². The summed E-state index contributed by atoms with van der Waals surface area (Å²) < 4.78 is 39.4. The van der Waals surface area contributed by atoms with Crippen LogP contribution < -0.4 is 0 Å². The number of fused-ring (bicyclic) bond motifs is 8. The fraction of sp³-hybridized carbons (Fsp3) is 0.158. The second-order valence-corrected chi connectivity index (χ2v) is 11.5. The molecule has 0 spiro atoms. The average molecular weight is 615 g/mol. The molecule has 0 amide bonds. The maximum atomic E-state index is 13.4. The van der Waals surface area contributed by atoms with E-state index in [4.69, 9.17) is 19.4 Å². The van der Waals surface area contributed by atoms with E-state index in [-0.39, 0.29) is 23.8 Å². The number of halogens is 2. The van der Waals surface area contributed by atoms with Crippen molar-refractivity contribution < 1.29 is 18.3 Å². The number of nitrogens with one attached hydrogen (secondary N) is 2. The maximum Gasteiger partial charge on any atom is 0.123 e. The monoisotopic (exact) mass is 614 g/mol. The smallest absolute Gasteiger partial charge is 0.123 e. The Hall–Kier alpha value is -5.18. The number of aromatic nitrogens is 4. The van der Waals surface area contributed by atoms with Crippen molar-refractivity contribution in [3.63, 3.8) is 0 Å². The molecule has 5 aromatic rings. The maximum absolute atomic E-state index is 13.4. The molecule has 2 N–H and O–H groups in total. The Morgan fingerprint density at radius 3 is 1.46 bits per heavy atom. The highest BCUT2D eigenvalue weighted by Gasteiger charge is 2.15. The van der Waals surface area contributed by atoms with Crippen molar-refractivity contribution in [1.82, 2.24) is 19.9 Å². The zero-order valence-electron chi connectivity index (χ0n) is 25.4. The molecule has 2 aliphatic heterocycles. The molecule has 46 heavy (non-hydrogen) atoms. The van der Waals surface area contributed by atoms with E-state index >= 15 is 0 Å². The zero-order valence-corrected chi connectivity index (χ0v) is 25.4. The predicted octanol–water partition coefficient (Wildman–Crippen LogP) is 9.49. The molecule has 2 aliphatic rings. The van der Waals surface area contributed by atoms with Gasteiger partial charge in [0.1, 0.15) is 11.6 Å². The molecule has 7 rings (SSSR count). The molecule has 0 saturated carbocycles. The summed E-state index contributed by atoms with van der Waals surface area (Å²) in [6, 6.07) is 24.9. The summed E-state index contributed by atoms with van der Waals surface area (Å²) >= 11 is 0. The van der Waals surface area contributed by atoms with Crippen LogP contribution in [-0.4, -0.2) is 19.9 Å². The van der Waals surface area contributed by atoms with Gasteiger partial charge in [-0.15, -0.1) is 0 Å². The minimum atomic E-state index is -0.275.